The highest BCUT2D eigenvalue weighted by atomic mass is 16.3. The molecule has 3 unspecified atom stereocenters. The second kappa shape index (κ2) is 6.37. The topological polar surface area (TPSA) is 35.5 Å². The molecule has 0 amide bonds. The van der Waals surface area contributed by atoms with Crippen molar-refractivity contribution in [3.63, 3.8) is 0 Å². The third kappa shape index (κ3) is 3.58. The van der Waals surface area contributed by atoms with Crippen LogP contribution in [-0.4, -0.2) is 41.2 Å². The molecule has 3 heteroatoms. The van der Waals surface area contributed by atoms with Gasteiger partial charge in [0.2, 0.25) is 0 Å². The summed E-state index contributed by atoms with van der Waals surface area (Å²) >= 11 is 0. The summed E-state index contributed by atoms with van der Waals surface area (Å²) in [5, 5.41) is 13.2. The van der Waals surface area contributed by atoms with E-state index >= 15 is 0 Å². The van der Waals surface area contributed by atoms with Gasteiger partial charge >= 0.3 is 0 Å². The molecule has 0 radical (unpaired) electrons. The van der Waals surface area contributed by atoms with Crippen molar-refractivity contribution in [2.45, 2.75) is 69.6 Å². The van der Waals surface area contributed by atoms with Crippen molar-refractivity contribution >= 4 is 0 Å². The summed E-state index contributed by atoms with van der Waals surface area (Å²) < 4.78 is 0. The number of nitrogens with zero attached hydrogens (tertiary/aromatic N) is 1. The third-order valence-electron chi connectivity index (χ3n) is 5.42. The molecule has 2 bridgehead atoms. The molecule has 3 atom stereocenters. The molecule has 3 rings (SSSR count). The van der Waals surface area contributed by atoms with E-state index in [1.54, 1.807) is 12.1 Å². The molecule has 2 N–H and O–H groups in total. The van der Waals surface area contributed by atoms with E-state index in [1.165, 1.54) is 31.2 Å². The number of rotatable bonds is 5. The van der Waals surface area contributed by atoms with Crippen LogP contribution in [0, 0.1) is 0 Å². The van der Waals surface area contributed by atoms with Gasteiger partial charge in [0.15, 0.2) is 0 Å². The molecule has 116 valence electrons. The summed E-state index contributed by atoms with van der Waals surface area (Å²) in [4.78, 5) is 2.60. The Hall–Kier alpha value is -1.06. The number of phenolic OH excluding ortho intramolecular Hbond substituents is 1. The average Bonchev–Trinajstić information content (AvgIpc) is 2.69. The lowest BCUT2D eigenvalue weighted by atomic mass is 9.96. The molecule has 3 nitrogen and oxygen atoms in total. The van der Waals surface area contributed by atoms with E-state index in [0.29, 0.717) is 17.8 Å². The van der Waals surface area contributed by atoms with E-state index in [4.69, 9.17) is 0 Å². The van der Waals surface area contributed by atoms with Crippen LogP contribution in [0.25, 0.3) is 0 Å². The first-order valence-corrected chi connectivity index (χ1v) is 8.37. The number of nitrogens with one attached hydrogen (secondary N) is 1. The van der Waals surface area contributed by atoms with E-state index in [2.05, 4.69) is 24.2 Å². The summed E-state index contributed by atoms with van der Waals surface area (Å²) in [6.07, 6.45) is 7.65. The van der Waals surface area contributed by atoms with Crippen molar-refractivity contribution < 1.29 is 5.11 Å². The van der Waals surface area contributed by atoms with Crippen LogP contribution in [0.15, 0.2) is 24.3 Å². The maximum atomic E-state index is 9.31. The molecule has 0 aliphatic carbocycles. The first kappa shape index (κ1) is 14.9. The van der Waals surface area contributed by atoms with Crippen molar-refractivity contribution in [1.82, 2.24) is 10.2 Å². The van der Waals surface area contributed by atoms with Crippen LogP contribution in [0.1, 0.15) is 44.6 Å². The maximum absolute atomic E-state index is 9.31. The van der Waals surface area contributed by atoms with Gasteiger partial charge < -0.3 is 15.3 Å². The van der Waals surface area contributed by atoms with Gasteiger partial charge in [-0.1, -0.05) is 12.1 Å². The molecule has 2 saturated heterocycles. The lowest BCUT2D eigenvalue weighted by Crippen LogP contribution is -2.49. The van der Waals surface area contributed by atoms with Gasteiger partial charge in [0.1, 0.15) is 5.75 Å². The fraction of sp³-hybridized carbons (Fsp3) is 0.667. The van der Waals surface area contributed by atoms with E-state index < -0.39 is 0 Å². The molecule has 2 heterocycles. The number of hydrogen-bond acceptors (Lipinski definition) is 3. The fourth-order valence-corrected chi connectivity index (χ4v) is 4.08. The first-order chi connectivity index (χ1) is 10.1. The molecule has 21 heavy (non-hydrogen) atoms. The number of aryl methyl sites for hydroxylation is 1. The van der Waals surface area contributed by atoms with Gasteiger partial charge in [-0.15, -0.1) is 0 Å². The Morgan fingerprint density at radius 3 is 2.43 bits per heavy atom. The minimum Gasteiger partial charge on any atom is -0.508 e. The Morgan fingerprint density at radius 1 is 1.19 bits per heavy atom. The van der Waals surface area contributed by atoms with E-state index in [0.717, 1.165) is 24.9 Å². The average molecular weight is 288 g/mol. The van der Waals surface area contributed by atoms with Gasteiger partial charge in [0, 0.05) is 24.2 Å². The largest absolute Gasteiger partial charge is 0.508 e. The van der Waals surface area contributed by atoms with E-state index in [-0.39, 0.29) is 0 Å². The summed E-state index contributed by atoms with van der Waals surface area (Å²) in [6, 6.07) is 10.5. The second-order valence-corrected chi connectivity index (χ2v) is 6.99. The zero-order valence-corrected chi connectivity index (χ0v) is 13.3. The molecule has 0 aromatic heterocycles. The van der Waals surface area contributed by atoms with Crippen LogP contribution in [0.2, 0.25) is 0 Å². The molecular weight excluding hydrogens is 260 g/mol. The molecular formula is C18H28N2O. The van der Waals surface area contributed by atoms with Crippen LogP contribution in [0.4, 0.5) is 0 Å². The zero-order valence-electron chi connectivity index (χ0n) is 13.3. The molecule has 1 aromatic rings. The standard InChI is InChI=1S/C18H28N2O/c1-13(3-4-14-5-9-18(21)10-6-14)19-15-11-16-7-8-17(12-15)20(16)2/h5-6,9-10,13,15-17,19,21H,3-4,7-8,11-12H2,1-2H3. The zero-order chi connectivity index (χ0) is 14.8. The van der Waals surface area contributed by atoms with Gasteiger partial charge in [0.25, 0.3) is 0 Å². The molecule has 0 spiro atoms. The lowest BCUT2D eigenvalue weighted by Gasteiger charge is -2.38. The quantitative estimate of drug-likeness (QED) is 0.874. The van der Waals surface area contributed by atoms with Gasteiger partial charge in [0.05, 0.1) is 0 Å². The number of aromatic hydroxyl groups is 1. The predicted molar refractivity (Wildman–Crippen MR) is 86.6 cm³/mol. The van der Waals surface area contributed by atoms with Crippen molar-refractivity contribution in [2.75, 3.05) is 7.05 Å². The van der Waals surface area contributed by atoms with Gasteiger partial charge in [-0.05, 0) is 70.2 Å². The SMILES string of the molecule is CC(CCc1ccc(O)cc1)NC1CC2CCC(C1)N2C. The Morgan fingerprint density at radius 2 is 1.81 bits per heavy atom. The van der Waals surface area contributed by atoms with Crippen LogP contribution in [-0.2, 0) is 6.42 Å². The highest BCUT2D eigenvalue weighted by Crippen LogP contribution is 2.34. The van der Waals surface area contributed by atoms with E-state index in [1.807, 2.05) is 12.1 Å². The number of phenols is 1. The highest BCUT2D eigenvalue weighted by molar-refractivity contribution is 5.25. The third-order valence-corrected chi connectivity index (χ3v) is 5.42. The summed E-state index contributed by atoms with van der Waals surface area (Å²) in [6.45, 7) is 2.31. The monoisotopic (exact) mass is 288 g/mol. The van der Waals surface area contributed by atoms with Gasteiger partial charge in [-0.3, -0.25) is 0 Å². The summed E-state index contributed by atoms with van der Waals surface area (Å²) in [5.41, 5.74) is 1.31. The Labute approximate surface area is 128 Å². The van der Waals surface area contributed by atoms with Crippen molar-refractivity contribution in [1.29, 1.82) is 0 Å². The Balaban J connectivity index is 1.44. The predicted octanol–water partition coefficient (Wildman–Crippen LogP) is 2.93. The molecule has 2 fully saturated rings. The Kier molecular flexibility index (Phi) is 4.51. The minimum absolute atomic E-state index is 0.353. The second-order valence-electron chi connectivity index (χ2n) is 6.99. The van der Waals surface area contributed by atoms with Crippen LogP contribution in [0.3, 0.4) is 0 Å². The summed E-state index contributed by atoms with van der Waals surface area (Å²) in [5.74, 6) is 0.353. The van der Waals surface area contributed by atoms with Crippen LogP contribution >= 0.6 is 0 Å². The van der Waals surface area contributed by atoms with Gasteiger partial charge in [-0.2, -0.15) is 0 Å². The summed E-state index contributed by atoms with van der Waals surface area (Å²) in [7, 11) is 2.30. The fourth-order valence-electron chi connectivity index (χ4n) is 4.08. The molecule has 2 aliphatic rings. The highest BCUT2D eigenvalue weighted by Gasteiger charge is 2.38. The smallest absolute Gasteiger partial charge is 0.115 e. The first-order valence-electron chi connectivity index (χ1n) is 8.37. The molecule has 0 saturated carbocycles. The lowest BCUT2D eigenvalue weighted by molar-refractivity contribution is 0.143. The van der Waals surface area contributed by atoms with Crippen LogP contribution in [0.5, 0.6) is 5.75 Å². The number of fused-ring (bicyclic) bond motifs is 2. The molecule has 2 aliphatic heterocycles. The molecule has 1 aromatic carbocycles. The normalized spacial score (nSPS) is 30.5. The van der Waals surface area contributed by atoms with E-state index in [9.17, 15) is 5.11 Å². The van der Waals surface area contributed by atoms with Gasteiger partial charge in [-0.25, -0.2) is 0 Å². The van der Waals surface area contributed by atoms with Crippen molar-refractivity contribution in [3.8, 4) is 5.75 Å². The number of hydrogen-bond donors (Lipinski definition) is 2. The Bertz CT molecular complexity index is 445. The number of piperidine rings is 1. The minimum atomic E-state index is 0.353. The van der Waals surface area contributed by atoms with Crippen molar-refractivity contribution in [2.24, 2.45) is 0 Å². The maximum Gasteiger partial charge on any atom is 0.115 e. The van der Waals surface area contributed by atoms with Crippen LogP contribution < -0.4 is 5.32 Å². The van der Waals surface area contributed by atoms with Crippen molar-refractivity contribution in [3.05, 3.63) is 29.8 Å². The number of benzene rings is 1.